The highest BCUT2D eigenvalue weighted by atomic mass is 19.3. The molecule has 10 atom stereocenters. The predicted octanol–water partition coefficient (Wildman–Crippen LogP) is 5.08. The number of halogens is 2. The summed E-state index contributed by atoms with van der Waals surface area (Å²) in [6.07, 6.45) is 2.93. The molecule has 2 aromatic carbocycles. The molecule has 4 unspecified atom stereocenters. The minimum absolute atomic E-state index is 0.0367. The number of rotatable bonds is 7. The molecule has 3 fully saturated rings. The van der Waals surface area contributed by atoms with Crippen LogP contribution < -0.4 is 9.64 Å². The SMILES string of the molecule is [2H]C([2H])([2H])N1c2cc(OC)c([C@@]3(C(=O)OC)CC4C[C@@H](C(C)(F)F)CN(Cc5c3[nH]c3ccccc53)C4)cc2[C@]23CCN4CC=C[C@](CC)(C42)[C@@H](OC(C)=O)[C@](O)(C(=O)OC)C13. The highest BCUT2D eigenvalue weighted by Gasteiger charge is 2.80. The molecule has 5 aliphatic heterocycles. The normalized spacial score (nSPS) is 36.8. The number of para-hydroxylation sites is 1. The second-order valence-corrected chi connectivity index (χ2v) is 17.8. The van der Waals surface area contributed by atoms with Gasteiger partial charge in [-0.3, -0.25) is 19.4 Å². The van der Waals surface area contributed by atoms with Gasteiger partial charge in [0.2, 0.25) is 11.5 Å². The molecule has 316 valence electrons. The zero-order chi connectivity index (χ0) is 44.5. The van der Waals surface area contributed by atoms with Gasteiger partial charge >= 0.3 is 17.9 Å². The maximum atomic E-state index is 15.4. The Hall–Kier alpha value is -4.53. The van der Waals surface area contributed by atoms with Crippen LogP contribution in [0.4, 0.5) is 14.5 Å². The summed E-state index contributed by atoms with van der Waals surface area (Å²) in [6, 6.07) is 8.72. The van der Waals surface area contributed by atoms with E-state index in [1.165, 1.54) is 21.1 Å². The first kappa shape index (κ1) is 36.3. The first-order valence-electron chi connectivity index (χ1n) is 22.0. The third-order valence-corrected chi connectivity index (χ3v) is 15.0. The molecular weight excluding hydrogens is 763 g/mol. The van der Waals surface area contributed by atoms with Crippen LogP contribution in [0.1, 0.15) is 73.0 Å². The number of H-pyrrole nitrogens is 1. The molecule has 3 aromatic rings. The molecular formula is C45H54F2N4O8. The van der Waals surface area contributed by atoms with Crippen LogP contribution in [0.5, 0.6) is 5.75 Å². The first-order chi connectivity index (χ1) is 29.3. The van der Waals surface area contributed by atoms with Crippen LogP contribution in [0.3, 0.4) is 0 Å². The van der Waals surface area contributed by atoms with E-state index in [1.54, 1.807) is 12.1 Å². The maximum absolute atomic E-state index is 15.4. The lowest BCUT2D eigenvalue weighted by Gasteiger charge is -2.63. The van der Waals surface area contributed by atoms with E-state index in [-0.39, 0.29) is 50.2 Å². The van der Waals surface area contributed by atoms with Crippen LogP contribution in [-0.2, 0) is 46.0 Å². The number of nitrogens with one attached hydrogen (secondary N) is 1. The second-order valence-electron chi connectivity index (χ2n) is 17.8. The van der Waals surface area contributed by atoms with Crippen molar-refractivity contribution in [3.8, 4) is 5.75 Å². The highest BCUT2D eigenvalue weighted by molar-refractivity contribution is 5.95. The fraction of sp³-hybridized carbons (Fsp3) is 0.578. The average Bonchev–Trinajstić information content (AvgIpc) is 3.90. The molecule has 14 heteroatoms. The lowest BCUT2D eigenvalue weighted by molar-refractivity contribution is -0.228. The number of piperidine rings is 1. The molecule has 9 rings (SSSR count). The van der Waals surface area contributed by atoms with Crippen LogP contribution in [-0.4, -0.2) is 122 Å². The summed E-state index contributed by atoms with van der Waals surface area (Å²) in [7, 11) is 3.80. The maximum Gasteiger partial charge on any atom is 0.344 e. The number of aliphatic hydroxyl groups is 1. The minimum atomic E-state index is -3.00. The molecule has 1 saturated carbocycles. The smallest absolute Gasteiger partial charge is 0.344 e. The third-order valence-electron chi connectivity index (χ3n) is 15.0. The number of carbonyl (C=O) groups is 3. The minimum Gasteiger partial charge on any atom is -0.496 e. The Bertz CT molecular complexity index is 2390. The lowest BCUT2D eigenvalue weighted by Crippen LogP contribution is -2.81. The van der Waals surface area contributed by atoms with E-state index in [2.05, 4.69) is 9.88 Å². The van der Waals surface area contributed by atoms with E-state index in [0.717, 1.165) is 35.4 Å². The van der Waals surface area contributed by atoms with E-state index >= 15 is 13.6 Å². The van der Waals surface area contributed by atoms with Crippen molar-refractivity contribution in [2.24, 2.45) is 17.3 Å². The number of anilines is 1. The zero-order valence-electron chi connectivity index (χ0n) is 37.3. The Morgan fingerprint density at radius 2 is 1.83 bits per heavy atom. The fourth-order valence-corrected chi connectivity index (χ4v) is 12.9. The van der Waals surface area contributed by atoms with Crippen molar-refractivity contribution in [2.75, 3.05) is 59.4 Å². The number of ether oxygens (including phenoxy) is 4. The highest BCUT2D eigenvalue weighted by Crippen LogP contribution is 2.68. The Kier molecular flexibility index (Phi) is 8.31. The number of aromatic amines is 1. The molecule has 0 amide bonds. The number of methoxy groups -OCH3 is 3. The number of fused-ring (bicyclic) bond motifs is 6. The molecule has 1 aromatic heterocycles. The molecule has 1 aliphatic carbocycles. The van der Waals surface area contributed by atoms with Gasteiger partial charge in [-0.05, 0) is 68.3 Å². The van der Waals surface area contributed by atoms with Gasteiger partial charge < -0.3 is 33.9 Å². The summed E-state index contributed by atoms with van der Waals surface area (Å²) in [4.78, 5) is 51.7. The molecule has 1 spiro atoms. The summed E-state index contributed by atoms with van der Waals surface area (Å²) in [5, 5.41) is 14.2. The zero-order valence-corrected chi connectivity index (χ0v) is 34.3. The van der Waals surface area contributed by atoms with Crippen molar-refractivity contribution in [3.05, 3.63) is 70.9 Å². The number of alkyl halides is 2. The number of aromatic nitrogens is 1. The summed E-state index contributed by atoms with van der Waals surface area (Å²) in [5.74, 6) is -6.90. The summed E-state index contributed by atoms with van der Waals surface area (Å²) >= 11 is 0. The molecule has 6 heterocycles. The third kappa shape index (κ3) is 5.17. The van der Waals surface area contributed by atoms with Crippen LogP contribution in [0, 0.1) is 17.3 Å². The van der Waals surface area contributed by atoms with Gasteiger partial charge in [-0.25, -0.2) is 13.6 Å². The molecule has 59 heavy (non-hydrogen) atoms. The van der Waals surface area contributed by atoms with Gasteiger partial charge in [0, 0.05) is 101 Å². The van der Waals surface area contributed by atoms with Gasteiger partial charge in [0.25, 0.3) is 0 Å². The Morgan fingerprint density at radius 1 is 1.07 bits per heavy atom. The molecule has 12 nitrogen and oxygen atoms in total. The summed E-state index contributed by atoms with van der Waals surface area (Å²) < 4.78 is 81.5. The number of hydrogen-bond donors (Lipinski definition) is 2. The van der Waals surface area contributed by atoms with Crippen molar-refractivity contribution in [1.82, 2.24) is 14.8 Å². The summed E-state index contributed by atoms with van der Waals surface area (Å²) in [6.45, 7) is 2.75. The number of esters is 3. The topological polar surface area (TPSA) is 134 Å². The van der Waals surface area contributed by atoms with Crippen molar-refractivity contribution in [2.45, 2.75) is 93.5 Å². The summed E-state index contributed by atoms with van der Waals surface area (Å²) in [5.41, 5.74) is -4.17. The van der Waals surface area contributed by atoms with Crippen LogP contribution in [0.25, 0.3) is 10.9 Å². The van der Waals surface area contributed by atoms with E-state index in [0.29, 0.717) is 36.5 Å². The van der Waals surface area contributed by atoms with Crippen molar-refractivity contribution >= 4 is 34.5 Å². The van der Waals surface area contributed by atoms with E-state index in [9.17, 15) is 14.7 Å². The predicted molar refractivity (Wildman–Crippen MR) is 214 cm³/mol. The monoisotopic (exact) mass is 819 g/mol. The van der Waals surface area contributed by atoms with Crippen LogP contribution in [0.2, 0.25) is 0 Å². The Morgan fingerprint density at radius 3 is 2.51 bits per heavy atom. The van der Waals surface area contributed by atoms with Crippen LogP contribution >= 0.6 is 0 Å². The van der Waals surface area contributed by atoms with E-state index < -0.39 is 82.7 Å². The molecule has 2 bridgehead atoms. The lowest BCUT2D eigenvalue weighted by atomic mass is 9.47. The number of nitrogens with zero attached hydrogens (tertiary/aromatic N) is 3. The van der Waals surface area contributed by atoms with Crippen LogP contribution in [0.15, 0.2) is 48.6 Å². The van der Waals surface area contributed by atoms with Crippen molar-refractivity contribution in [1.29, 1.82) is 0 Å². The average molecular weight is 820 g/mol. The first-order valence-corrected chi connectivity index (χ1v) is 20.5. The van der Waals surface area contributed by atoms with Gasteiger partial charge in [-0.2, -0.15) is 0 Å². The van der Waals surface area contributed by atoms with Crippen molar-refractivity contribution in [3.63, 3.8) is 0 Å². The standard InChI is InChI=1S/C45H54F2N4O8/c1-8-42-14-11-16-51-17-15-43(36(42)51)30-19-31(34(56-5)20-33(30)49(4)37(43)45(55,40(54)58-7)38(42)59-25(2)52)44(39(53)57-6)21-26-18-27(41(3,46)47)23-50(22-26)24-29-28-12-9-10-13-32(28)48-35(29)44/h9-14,19-20,26-27,36-38,48,55H,8,15-18,21-24H2,1-7H3/t26?,27-,36?,37?,38-,42-,43-,44+,45+/m1/s1/i4D3. The Labute approximate surface area is 347 Å². The van der Waals surface area contributed by atoms with Gasteiger partial charge in [-0.15, -0.1) is 0 Å². The number of likely N-dealkylation sites (N-methyl/N-ethyl adjacent to an activating group) is 1. The number of carbonyl (C=O) groups excluding carboxylic acids is 3. The molecule has 2 saturated heterocycles. The molecule has 2 N–H and O–H groups in total. The number of benzene rings is 2. The van der Waals surface area contributed by atoms with E-state index in [4.69, 9.17) is 23.1 Å². The van der Waals surface area contributed by atoms with Gasteiger partial charge in [0.15, 0.2) is 6.10 Å². The van der Waals surface area contributed by atoms with Gasteiger partial charge in [0.1, 0.15) is 11.2 Å². The molecule has 6 aliphatic rings. The van der Waals surface area contributed by atoms with E-state index in [1.807, 2.05) is 48.2 Å². The Balaban J connectivity index is 1.39. The molecule has 0 radical (unpaired) electrons. The number of hydrogen-bond acceptors (Lipinski definition) is 11. The largest absolute Gasteiger partial charge is 0.496 e. The second kappa shape index (κ2) is 13.5. The van der Waals surface area contributed by atoms with Gasteiger partial charge in [-0.1, -0.05) is 37.3 Å². The quantitative estimate of drug-likeness (QED) is 0.188. The van der Waals surface area contributed by atoms with Crippen molar-refractivity contribution < 1.29 is 51.3 Å². The fourth-order valence-electron chi connectivity index (χ4n) is 12.9. The van der Waals surface area contributed by atoms with Gasteiger partial charge in [0.05, 0.1) is 27.4 Å².